The molecule has 0 radical (unpaired) electrons. The average molecular weight is 310 g/mol. The molecular formula is C12H26N2O5S. The topological polar surface area (TPSA) is 90.3 Å². The summed E-state index contributed by atoms with van der Waals surface area (Å²) < 4.78 is 28.2. The third kappa shape index (κ3) is 7.51. The first kappa shape index (κ1) is 17.8. The smallest absolute Gasteiger partial charge is 0.268 e. The van der Waals surface area contributed by atoms with Gasteiger partial charge in [-0.25, -0.2) is 0 Å². The predicted octanol–water partition coefficient (Wildman–Crippen LogP) is -1.28. The van der Waals surface area contributed by atoms with Crippen LogP contribution in [0, 0.1) is 0 Å². The Labute approximate surface area is 121 Å². The van der Waals surface area contributed by atoms with Gasteiger partial charge in [0.15, 0.2) is 0 Å². The molecule has 0 aromatic carbocycles. The van der Waals surface area contributed by atoms with E-state index >= 15 is 0 Å². The molecule has 0 amide bonds. The molecule has 1 aliphatic heterocycles. The molecule has 1 heterocycles. The van der Waals surface area contributed by atoms with Gasteiger partial charge in [-0.2, -0.15) is 8.42 Å². The van der Waals surface area contributed by atoms with Crippen LogP contribution < -0.4 is 0 Å². The zero-order valence-electron chi connectivity index (χ0n) is 11.9. The van der Waals surface area contributed by atoms with E-state index in [-0.39, 0.29) is 25.6 Å². The molecule has 7 nitrogen and oxygen atoms in total. The van der Waals surface area contributed by atoms with E-state index < -0.39 is 10.1 Å². The van der Waals surface area contributed by atoms with Crippen molar-refractivity contribution in [1.82, 2.24) is 9.80 Å². The summed E-state index contributed by atoms with van der Waals surface area (Å²) in [5, 5.41) is 17.4. The fourth-order valence-electron chi connectivity index (χ4n) is 2.08. The number of unbranched alkanes of at least 4 members (excludes halogenated alkanes) is 1. The van der Waals surface area contributed by atoms with E-state index in [1.165, 1.54) is 0 Å². The second-order valence-corrected chi connectivity index (χ2v) is 6.68. The van der Waals surface area contributed by atoms with E-state index in [9.17, 15) is 8.42 Å². The minimum atomic E-state index is -3.46. The molecule has 0 unspecified atom stereocenters. The maximum absolute atomic E-state index is 11.6. The highest BCUT2D eigenvalue weighted by Crippen LogP contribution is 2.03. The molecule has 1 saturated heterocycles. The van der Waals surface area contributed by atoms with Gasteiger partial charge < -0.3 is 10.2 Å². The summed E-state index contributed by atoms with van der Waals surface area (Å²) in [5.41, 5.74) is 0. The van der Waals surface area contributed by atoms with Crippen LogP contribution in [-0.4, -0.2) is 93.3 Å². The third-order valence-corrected chi connectivity index (χ3v) is 4.56. The molecule has 20 heavy (non-hydrogen) atoms. The zero-order valence-corrected chi connectivity index (χ0v) is 12.7. The summed E-state index contributed by atoms with van der Waals surface area (Å²) in [4.78, 5) is 4.26. The summed E-state index contributed by atoms with van der Waals surface area (Å²) in [6.45, 7) is 4.89. The highest BCUT2D eigenvalue weighted by atomic mass is 32.2. The van der Waals surface area contributed by atoms with Gasteiger partial charge in [0, 0.05) is 45.9 Å². The molecule has 0 spiro atoms. The number of rotatable bonds is 10. The Morgan fingerprint density at radius 1 is 0.900 bits per heavy atom. The quantitative estimate of drug-likeness (QED) is 0.383. The largest absolute Gasteiger partial charge is 0.396 e. The van der Waals surface area contributed by atoms with Gasteiger partial charge in [-0.1, -0.05) is 0 Å². The molecule has 0 bridgehead atoms. The summed E-state index contributed by atoms with van der Waals surface area (Å²) in [7, 11) is -3.46. The third-order valence-electron chi connectivity index (χ3n) is 3.35. The van der Waals surface area contributed by atoms with Gasteiger partial charge in [0.1, 0.15) is 0 Å². The van der Waals surface area contributed by atoms with Crippen LogP contribution in [0.4, 0.5) is 0 Å². The van der Waals surface area contributed by atoms with Crippen molar-refractivity contribution in [2.75, 3.05) is 64.8 Å². The predicted molar refractivity (Wildman–Crippen MR) is 76.0 cm³/mol. The lowest BCUT2D eigenvalue weighted by Crippen LogP contribution is -2.48. The van der Waals surface area contributed by atoms with Crippen LogP contribution in [0.3, 0.4) is 0 Å². The summed E-state index contributed by atoms with van der Waals surface area (Å²) >= 11 is 0. The summed E-state index contributed by atoms with van der Waals surface area (Å²) in [6.07, 6.45) is 1.11. The van der Waals surface area contributed by atoms with Crippen molar-refractivity contribution in [1.29, 1.82) is 0 Å². The lowest BCUT2D eigenvalue weighted by Gasteiger charge is -2.34. The number of aliphatic hydroxyl groups excluding tert-OH is 2. The van der Waals surface area contributed by atoms with Gasteiger partial charge in [-0.15, -0.1) is 0 Å². The van der Waals surface area contributed by atoms with Crippen molar-refractivity contribution in [3.05, 3.63) is 0 Å². The second kappa shape index (κ2) is 9.64. The Balaban J connectivity index is 2.16. The van der Waals surface area contributed by atoms with Crippen molar-refractivity contribution in [2.45, 2.75) is 12.8 Å². The molecular weight excluding hydrogens is 284 g/mol. The van der Waals surface area contributed by atoms with Crippen LogP contribution in [-0.2, 0) is 14.3 Å². The maximum atomic E-state index is 11.6. The first-order valence-electron chi connectivity index (χ1n) is 7.11. The lowest BCUT2D eigenvalue weighted by molar-refractivity contribution is 0.116. The molecule has 0 atom stereocenters. The molecule has 0 aliphatic carbocycles. The molecule has 0 aromatic heterocycles. The monoisotopic (exact) mass is 310 g/mol. The number of piperazine rings is 1. The van der Waals surface area contributed by atoms with Crippen LogP contribution in [0.5, 0.6) is 0 Å². The van der Waals surface area contributed by atoms with Gasteiger partial charge in [0.2, 0.25) is 0 Å². The van der Waals surface area contributed by atoms with Gasteiger partial charge in [0.05, 0.1) is 19.0 Å². The molecule has 8 heteroatoms. The number of hydrogen-bond acceptors (Lipinski definition) is 7. The van der Waals surface area contributed by atoms with E-state index in [1.807, 2.05) is 0 Å². The Morgan fingerprint density at radius 3 is 2.05 bits per heavy atom. The first-order valence-corrected chi connectivity index (χ1v) is 8.68. The molecule has 0 aromatic rings. The van der Waals surface area contributed by atoms with Gasteiger partial charge in [-0.3, -0.25) is 14.0 Å². The maximum Gasteiger partial charge on any atom is 0.268 e. The Kier molecular flexibility index (Phi) is 8.58. The minimum Gasteiger partial charge on any atom is -0.396 e. The average Bonchev–Trinajstić information content (AvgIpc) is 2.43. The highest BCUT2D eigenvalue weighted by Gasteiger charge is 2.19. The SMILES string of the molecule is O=S(=O)(CCN1CCN(CCO)CC1)OCCCCO. The minimum absolute atomic E-state index is 0.00608. The summed E-state index contributed by atoms with van der Waals surface area (Å²) in [5.74, 6) is 0.00608. The van der Waals surface area contributed by atoms with E-state index in [0.717, 1.165) is 26.2 Å². The van der Waals surface area contributed by atoms with Gasteiger partial charge in [-0.05, 0) is 12.8 Å². The van der Waals surface area contributed by atoms with Crippen molar-refractivity contribution in [3.63, 3.8) is 0 Å². The van der Waals surface area contributed by atoms with E-state index in [4.69, 9.17) is 14.4 Å². The number of nitrogens with zero attached hydrogens (tertiary/aromatic N) is 2. The first-order chi connectivity index (χ1) is 9.57. The van der Waals surface area contributed by atoms with Crippen LogP contribution in [0.15, 0.2) is 0 Å². The van der Waals surface area contributed by atoms with Gasteiger partial charge >= 0.3 is 0 Å². The molecule has 1 aliphatic rings. The van der Waals surface area contributed by atoms with Crippen LogP contribution in [0.1, 0.15) is 12.8 Å². The molecule has 2 N–H and O–H groups in total. The molecule has 120 valence electrons. The molecule has 1 rings (SSSR count). The zero-order chi connectivity index (χ0) is 14.8. The van der Waals surface area contributed by atoms with Crippen LogP contribution >= 0.6 is 0 Å². The van der Waals surface area contributed by atoms with Crippen LogP contribution in [0.25, 0.3) is 0 Å². The van der Waals surface area contributed by atoms with Crippen molar-refractivity contribution in [2.24, 2.45) is 0 Å². The second-order valence-electron chi connectivity index (χ2n) is 4.92. The van der Waals surface area contributed by atoms with Crippen molar-refractivity contribution < 1.29 is 22.8 Å². The van der Waals surface area contributed by atoms with E-state index in [2.05, 4.69) is 9.80 Å². The number of β-amino-alcohol motifs (C(OH)–C–C–N with tert-alkyl or cyclic N) is 1. The standard InChI is InChI=1S/C12H26N2O5S/c15-9-1-2-11-19-20(17,18)12-8-14-5-3-13(4-6-14)7-10-16/h15-16H,1-12H2. The van der Waals surface area contributed by atoms with Gasteiger partial charge in [0.25, 0.3) is 10.1 Å². The van der Waals surface area contributed by atoms with Crippen molar-refractivity contribution >= 4 is 10.1 Å². The van der Waals surface area contributed by atoms with E-state index in [0.29, 0.717) is 25.9 Å². The van der Waals surface area contributed by atoms with Crippen molar-refractivity contribution in [3.8, 4) is 0 Å². The highest BCUT2D eigenvalue weighted by molar-refractivity contribution is 7.86. The normalized spacial score (nSPS) is 18.5. The Hall–Kier alpha value is -0.250. The van der Waals surface area contributed by atoms with E-state index in [1.54, 1.807) is 0 Å². The lowest BCUT2D eigenvalue weighted by atomic mass is 10.3. The fraction of sp³-hybridized carbons (Fsp3) is 1.00. The molecule has 1 fully saturated rings. The Bertz CT molecular complexity index is 342. The Morgan fingerprint density at radius 2 is 1.50 bits per heavy atom. The summed E-state index contributed by atoms with van der Waals surface area (Å²) in [6, 6.07) is 0. The number of hydrogen-bond donors (Lipinski definition) is 2. The van der Waals surface area contributed by atoms with Crippen LogP contribution in [0.2, 0.25) is 0 Å². The fourth-order valence-corrected chi connectivity index (χ4v) is 3.05. The number of aliphatic hydroxyl groups is 2. The molecule has 0 saturated carbocycles.